The Hall–Kier alpha value is -0.610. The van der Waals surface area contributed by atoms with Crippen LogP contribution in [-0.4, -0.2) is 59.6 Å². The van der Waals surface area contributed by atoms with Gasteiger partial charge >= 0.3 is 5.97 Å². The molecule has 0 amide bonds. The van der Waals surface area contributed by atoms with Crippen molar-refractivity contribution in [3.05, 3.63) is 0 Å². The fourth-order valence-corrected chi connectivity index (χ4v) is 3.90. The highest BCUT2D eigenvalue weighted by Crippen LogP contribution is 2.35. The fourth-order valence-electron chi connectivity index (χ4n) is 3.90. The van der Waals surface area contributed by atoms with Crippen molar-refractivity contribution in [3.8, 4) is 0 Å². The summed E-state index contributed by atoms with van der Waals surface area (Å²) in [6.07, 6.45) is 4.20. The van der Waals surface area contributed by atoms with E-state index in [2.05, 4.69) is 30.7 Å². The van der Waals surface area contributed by atoms with E-state index in [-0.39, 0.29) is 12.0 Å². The van der Waals surface area contributed by atoms with Gasteiger partial charge in [0.2, 0.25) is 0 Å². The van der Waals surface area contributed by atoms with Gasteiger partial charge in [0, 0.05) is 31.7 Å². The molecular formula is C15H28N2O2. The second-order valence-corrected chi connectivity index (χ2v) is 6.45. The van der Waals surface area contributed by atoms with Crippen molar-refractivity contribution in [2.45, 2.75) is 51.6 Å². The highest BCUT2D eigenvalue weighted by molar-refractivity contribution is 5.71. The maximum atomic E-state index is 11.5. The van der Waals surface area contributed by atoms with Gasteiger partial charge < -0.3 is 10.0 Å². The number of carbonyl (C=O) groups is 1. The second-order valence-electron chi connectivity index (χ2n) is 6.45. The molecule has 4 atom stereocenters. The van der Waals surface area contributed by atoms with Crippen LogP contribution < -0.4 is 0 Å². The predicted molar refractivity (Wildman–Crippen MR) is 76.2 cm³/mol. The molecule has 1 aliphatic heterocycles. The van der Waals surface area contributed by atoms with Crippen molar-refractivity contribution in [2.24, 2.45) is 11.8 Å². The Bertz CT molecular complexity index is 321. The van der Waals surface area contributed by atoms with Gasteiger partial charge in [-0.05, 0) is 39.2 Å². The second kappa shape index (κ2) is 6.23. The Morgan fingerprint density at radius 2 is 2.05 bits per heavy atom. The Kier molecular flexibility index (Phi) is 4.85. The van der Waals surface area contributed by atoms with Crippen LogP contribution in [0.1, 0.15) is 39.5 Å². The van der Waals surface area contributed by atoms with Crippen LogP contribution in [0.3, 0.4) is 0 Å². The third kappa shape index (κ3) is 3.29. The highest BCUT2D eigenvalue weighted by atomic mass is 16.4. The van der Waals surface area contributed by atoms with Crippen LogP contribution in [0, 0.1) is 11.8 Å². The minimum absolute atomic E-state index is 0.159. The minimum Gasteiger partial charge on any atom is -0.481 e. The summed E-state index contributed by atoms with van der Waals surface area (Å²) in [6, 6.07) is 0.723. The molecule has 110 valence electrons. The first-order chi connectivity index (χ1) is 9.02. The molecule has 2 rings (SSSR count). The molecule has 0 bridgehead atoms. The quantitative estimate of drug-likeness (QED) is 0.849. The molecule has 1 aliphatic carbocycles. The Labute approximate surface area is 116 Å². The molecule has 0 aromatic carbocycles. The summed E-state index contributed by atoms with van der Waals surface area (Å²) in [5.74, 6) is -0.0354. The number of hydrogen-bond donors (Lipinski definition) is 1. The fraction of sp³-hybridized carbons (Fsp3) is 0.933. The molecule has 4 heteroatoms. The molecule has 19 heavy (non-hydrogen) atoms. The molecule has 0 radical (unpaired) electrons. The number of aliphatic carboxylic acids is 1. The molecule has 2 aliphatic rings. The topological polar surface area (TPSA) is 43.8 Å². The number of piperazine rings is 1. The standard InChI is InChI=1S/C15H28N2O2/c1-4-12-5-6-13(15(18)19)14(9-12)17-8-7-16(3)10-11(17)2/h11-14H,4-10H2,1-3H3,(H,18,19). The van der Waals surface area contributed by atoms with Gasteiger partial charge in [-0.2, -0.15) is 0 Å². The van der Waals surface area contributed by atoms with Gasteiger partial charge in [-0.3, -0.25) is 9.69 Å². The number of nitrogens with zero attached hydrogens (tertiary/aromatic N) is 2. The molecule has 1 N–H and O–H groups in total. The van der Waals surface area contributed by atoms with Crippen LogP contribution in [0.25, 0.3) is 0 Å². The predicted octanol–water partition coefficient (Wildman–Crippen LogP) is 1.90. The van der Waals surface area contributed by atoms with Crippen LogP contribution in [0.5, 0.6) is 0 Å². The van der Waals surface area contributed by atoms with Crippen molar-refractivity contribution in [1.29, 1.82) is 0 Å². The third-order valence-corrected chi connectivity index (χ3v) is 5.13. The molecule has 4 unspecified atom stereocenters. The lowest BCUT2D eigenvalue weighted by molar-refractivity contribution is -0.147. The lowest BCUT2D eigenvalue weighted by Crippen LogP contribution is -2.58. The lowest BCUT2D eigenvalue weighted by atomic mass is 9.76. The molecule has 0 spiro atoms. The van der Waals surface area contributed by atoms with E-state index in [1.165, 1.54) is 6.42 Å². The summed E-state index contributed by atoms with van der Waals surface area (Å²) in [4.78, 5) is 16.4. The normalized spacial score (nSPS) is 38.3. The number of likely N-dealkylation sites (N-methyl/N-ethyl adjacent to an activating group) is 1. The highest BCUT2D eigenvalue weighted by Gasteiger charge is 2.40. The average Bonchev–Trinajstić information content (AvgIpc) is 2.38. The third-order valence-electron chi connectivity index (χ3n) is 5.13. The zero-order chi connectivity index (χ0) is 14.0. The molecule has 0 aromatic rings. The minimum atomic E-state index is -0.592. The Morgan fingerprint density at radius 3 is 2.63 bits per heavy atom. The van der Waals surface area contributed by atoms with Gasteiger partial charge in [0.05, 0.1) is 5.92 Å². The van der Waals surface area contributed by atoms with Crippen LogP contribution in [-0.2, 0) is 4.79 Å². The first-order valence-electron chi connectivity index (χ1n) is 7.70. The Balaban J connectivity index is 2.10. The SMILES string of the molecule is CCC1CCC(C(=O)O)C(N2CCN(C)CC2C)C1. The van der Waals surface area contributed by atoms with Gasteiger partial charge in [0.25, 0.3) is 0 Å². The number of carboxylic acid groups (broad SMARTS) is 1. The Morgan fingerprint density at radius 1 is 1.32 bits per heavy atom. The van der Waals surface area contributed by atoms with E-state index in [0.29, 0.717) is 12.0 Å². The molecule has 1 heterocycles. The van der Waals surface area contributed by atoms with Crippen molar-refractivity contribution < 1.29 is 9.90 Å². The number of hydrogen-bond acceptors (Lipinski definition) is 3. The summed E-state index contributed by atoms with van der Waals surface area (Å²) in [7, 11) is 2.15. The molecule has 2 fully saturated rings. The molecule has 1 saturated heterocycles. The molecule has 4 nitrogen and oxygen atoms in total. The summed E-state index contributed by atoms with van der Waals surface area (Å²) < 4.78 is 0. The zero-order valence-corrected chi connectivity index (χ0v) is 12.5. The van der Waals surface area contributed by atoms with Gasteiger partial charge in [0.1, 0.15) is 0 Å². The number of rotatable bonds is 3. The van der Waals surface area contributed by atoms with Crippen molar-refractivity contribution >= 4 is 5.97 Å². The lowest BCUT2D eigenvalue weighted by Gasteiger charge is -2.47. The van der Waals surface area contributed by atoms with Crippen molar-refractivity contribution in [1.82, 2.24) is 9.80 Å². The van der Waals surface area contributed by atoms with Crippen LogP contribution in [0.2, 0.25) is 0 Å². The van der Waals surface area contributed by atoms with Crippen LogP contribution in [0.4, 0.5) is 0 Å². The monoisotopic (exact) mass is 268 g/mol. The van der Waals surface area contributed by atoms with Crippen molar-refractivity contribution in [2.75, 3.05) is 26.7 Å². The maximum absolute atomic E-state index is 11.5. The van der Waals surface area contributed by atoms with E-state index in [1.54, 1.807) is 0 Å². The number of carboxylic acids is 1. The maximum Gasteiger partial charge on any atom is 0.308 e. The molecule has 1 saturated carbocycles. The van der Waals surface area contributed by atoms with Crippen LogP contribution >= 0.6 is 0 Å². The van der Waals surface area contributed by atoms with Crippen molar-refractivity contribution in [3.63, 3.8) is 0 Å². The first-order valence-corrected chi connectivity index (χ1v) is 7.70. The van der Waals surface area contributed by atoms with E-state index in [4.69, 9.17) is 0 Å². The van der Waals surface area contributed by atoms with E-state index in [1.807, 2.05) is 0 Å². The molecular weight excluding hydrogens is 240 g/mol. The van der Waals surface area contributed by atoms with Gasteiger partial charge in [-0.15, -0.1) is 0 Å². The van der Waals surface area contributed by atoms with E-state index >= 15 is 0 Å². The van der Waals surface area contributed by atoms with E-state index < -0.39 is 5.97 Å². The first kappa shape index (κ1) is 14.8. The van der Waals surface area contributed by atoms with E-state index in [0.717, 1.165) is 38.9 Å². The van der Waals surface area contributed by atoms with Gasteiger partial charge in [-0.1, -0.05) is 13.3 Å². The zero-order valence-electron chi connectivity index (χ0n) is 12.5. The summed E-state index contributed by atoms with van der Waals surface area (Å²) in [6.45, 7) is 7.60. The largest absolute Gasteiger partial charge is 0.481 e. The van der Waals surface area contributed by atoms with Gasteiger partial charge in [-0.25, -0.2) is 0 Å². The summed E-state index contributed by atoms with van der Waals surface area (Å²) in [5.41, 5.74) is 0. The smallest absolute Gasteiger partial charge is 0.308 e. The summed E-state index contributed by atoms with van der Waals surface area (Å²) >= 11 is 0. The van der Waals surface area contributed by atoms with E-state index in [9.17, 15) is 9.90 Å². The van der Waals surface area contributed by atoms with Gasteiger partial charge in [0.15, 0.2) is 0 Å². The molecule has 0 aromatic heterocycles. The summed E-state index contributed by atoms with van der Waals surface area (Å²) in [5, 5.41) is 9.50. The average molecular weight is 268 g/mol. The van der Waals surface area contributed by atoms with Crippen LogP contribution in [0.15, 0.2) is 0 Å².